The highest BCUT2D eigenvalue weighted by molar-refractivity contribution is 5.77. The van der Waals surface area contributed by atoms with Crippen LogP contribution < -0.4 is 4.90 Å². The largest absolute Gasteiger partial charge is 0.354 e. The zero-order valence-electron chi connectivity index (χ0n) is 15.3. The van der Waals surface area contributed by atoms with Crippen LogP contribution in [0.1, 0.15) is 37.1 Å². The van der Waals surface area contributed by atoms with Gasteiger partial charge >= 0.3 is 0 Å². The SMILES string of the molecule is Cc1nccnc1N1CCCC2(CCC(=O)N(Cc3ccccn3)C2)C1. The first kappa shape index (κ1) is 16.9. The summed E-state index contributed by atoms with van der Waals surface area (Å²) in [5.74, 6) is 1.23. The number of aromatic nitrogens is 3. The maximum atomic E-state index is 12.5. The lowest BCUT2D eigenvalue weighted by Crippen LogP contribution is -2.54. The molecule has 26 heavy (non-hydrogen) atoms. The summed E-state index contributed by atoms with van der Waals surface area (Å²) in [4.78, 5) is 30.2. The number of piperidine rings is 2. The summed E-state index contributed by atoms with van der Waals surface area (Å²) < 4.78 is 0. The van der Waals surface area contributed by atoms with Crippen molar-refractivity contribution in [3.8, 4) is 0 Å². The third-order valence-corrected chi connectivity index (χ3v) is 5.64. The molecule has 2 aromatic heterocycles. The first-order chi connectivity index (χ1) is 12.7. The van der Waals surface area contributed by atoms with Crippen LogP contribution in [0.2, 0.25) is 0 Å². The van der Waals surface area contributed by atoms with Gasteiger partial charge in [0.15, 0.2) is 0 Å². The van der Waals surface area contributed by atoms with Gasteiger partial charge in [-0.15, -0.1) is 0 Å². The van der Waals surface area contributed by atoms with Gasteiger partial charge in [-0.1, -0.05) is 6.07 Å². The standard InChI is InChI=1S/C20H25N5O/c1-16-19(23-11-10-21-16)24-12-4-7-20(14-24)8-6-18(26)25(15-20)13-17-5-2-3-9-22-17/h2-3,5,9-11H,4,6-8,12-15H2,1H3. The molecule has 1 unspecified atom stereocenters. The van der Waals surface area contributed by atoms with Crippen molar-refractivity contribution in [1.82, 2.24) is 19.9 Å². The average molecular weight is 351 g/mol. The molecule has 1 spiro atoms. The number of carbonyl (C=O) groups excluding carboxylic acids is 1. The fourth-order valence-corrected chi connectivity index (χ4v) is 4.37. The van der Waals surface area contributed by atoms with E-state index >= 15 is 0 Å². The van der Waals surface area contributed by atoms with Gasteiger partial charge in [0.2, 0.25) is 5.91 Å². The molecule has 1 atom stereocenters. The van der Waals surface area contributed by atoms with Gasteiger partial charge in [0.05, 0.1) is 17.9 Å². The fraction of sp³-hybridized carbons (Fsp3) is 0.500. The summed E-state index contributed by atoms with van der Waals surface area (Å²) in [6, 6.07) is 5.88. The number of pyridine rings is 1. The van der Waals surface area contributed by atoms with Crippen molar-refractivity contribution in [3.05, 3.63) is 48.2 Å². The number of amides is 1. The highest BCUT2D eigenvalue weighted by atomic mass is 16.2. The lowest BCUT2D eigenvalue weighted by molar-refractivity contribution is -0.138. The normalized spacial score (nSPS) is 23.5. The van der Waals surface area contributed by atoms with Crippen LogP contribution in [0, 0.1) is 12.3 Å². The predicted molar refractivity (Wildman–Crippen MR) is 99.5 cm³/mol. The molecule has 6 heteroatoms. The molecule has 6 nitrogen and oxygen atoms in total. The second-order valence-electron chi connectivity index (χ2n) is 7.56. The Morgan fingerprint density at radius 3 is 2.77 bits per heavy atom. The van der Waals surface area contributed by atoms with Crippen molar-refractivity contribution in [2.45, 2.75) is 39.2 Å². The molecule has 2 aliphatic heterocycles. The van der Waals surface area contributed by atoms with E-state index in [1.165, 1.54) is 0 Å². The summed E-state index contributed by atoms with van der Waals surface area (Å²) in [5, 5.41) is 0. The van der Waals surface area contributed by atoms with Crippen molar-refractivity contribution in [3.63, 3.8) is 0 Å². The minimum Gasteiger partial charge on any atom is -0.354 e. The molecular weight excluding hydrogens is 326 g/mol. The molecule has 0 N–H and O–H groups in total. The number of nitrogens with zero attached hydrogens (tertiary/aromatic N) is 5. The van der Waals surface area contributed by atoms with E-state index < -0.39 is 0 Å². The molecule has 2 saturated heterocycles. The van der Waals surface area contributed by atoms with Crippen LogP contribution in [0.15, 0.2) is 36.8 Å². The molecule has 2 aliphatic rings. The smallest absolute Gasteiger partial charge is 0.222 e. The monoisotopic (exact) mass is 351 g/mol. The van der Waals surface area contributed by atoms with Crippen LogP contribution in [-0.4, -0.2) is 45.4 Å². The van der Waals surface area contributed by atoms with Crippen molar-refractivity contribution in [1.29, 1.82) is 0 Å². The molecule has 0 saturated carbocycles. The van der Waals surface area contributed by atoms with Gasteiger partial charge in [0.1, 0.15) is 5.82 Å². The van der Waals surface area contributed by atoms with Crippen LogP contribution in [-0.2, 0) is 11.3 Å². The van der Waals surface area contributed by atoms with Gasteiger partial charge in [-0.05, 0) is 38.3 Å². The van der Waals surface area contributed by atoms with Crippen LogP contribution >= 0.6 is 0 Å². The van der Waals surface area contributed by atoms with Crippen molar-refractivity contribution in [2.75, 3.05) is 24.5 Å². The molecule has 0 aliphatic carbocycles. The quantitative estimate of drug-likeness (QED) is 0.850. The highest BCUT2D eigenvalue weighted by Gasteiger charge is 2.42. The van der Waals surface area contributed by atoms with Gasteiger partial charge in [0.25, 0.3) is 0 Å². The Kier molecular flexibility index (Phi) is 4.57. The highest BCUT2D eigenvalue weighted by Crippen LogP contribution is 2.40. The van der Waals surface area contributed by atoms with E-state index in [0.29, 0.717) is 13.0 Å². The Labute approximate surface area is 154 Å². The van der Waals surface area contributed by atoms with E-state index in [1.54, 1.807) is 18.6 Å². The Morgan fingerprint density at radius 2 is 1.96 bits per heavy atom. The molecule has 2 fully saturated rings. The molecule has 136 valence electrons. The molecule has 1 amide bonds. The summed E-state index contributed by atoms with van der Waals surface area (Å²) >= 11 is 0. The Balaban J connectivity index is 1.52. The number of likely N-dealkylation sites (tertiary alicyclic amines) is 1. The van der Waals surface area contributed by atoms with Gasteiger partial charge < -0.3 is 9.80 Å². The second-order valence-corrected chi connectivity index (χ2v) is 7.56. The maximum Gasteiger partial charge on any atom is 0.222 e. The van der Waals surface area contributed by atoms with Gasteiger partial charge in [-0.3, -0.25) is 14.8 Å². The maximum absolute atomic E-state index is 12.5. The number of anilines is 1. The summed E-state index contributed by atoms with van der Waals surface area (Å²) in [5.41, 5.74) is 2.07. The number of hydrogen-bond donors (Lipinski definition) is 0. The van der Waals surface area contributed by atoms with E-state index in [9.17, 15) is 4.79 Å². The second kappa shape index (κ2) is 7.02. The van der Waals surface area contributed by atoms with Gasteiger partial charge in [-0.2, -0.15) is 0 Å². The van der Waals surface area contributed by atoms with E-state index in [0.717, 1.165) is 56.1 Å². The van der Waals surface area contributed by atoms with Crippen LogP contribution in [0.5, 0.6) is 0 Å². The van der Waals surface area contributed by atoms with Crippen LogP contribution in [0.4, 0.5) is 5.82 Å². The lowest BCUT2D eigenvalue weighted by atomic mass is 9.73. The van der Waals surface area contributed by atoms with E-state index in [1.807, 2.05) is 30.0 Å². The first-order valence-corrected chi connectivity index (χ1v) is 9.35. The number of rotatable bonds is 3. The van der Waals surface area contributed by atoms with Crippen molar-refractivity contribution < 1.29 is 4.79 Å². The molecule has 0 aromatic carbocycles. The van der Waals surface area contributed by atoms with Crippen molar-refractivity contribution >= 4 is 11.7 Å². The molecule has 2 aromatic rings. The average Bonchev–Trinajstić information content (AvgIpc) is 2.66. The number of hydrogen-bond acceptors (Lipinski definition) is 5. The summed E-state index contributed by atoms with van der Waals surface area (Å²) in [6.07, 6.45) is 9.17. The molecule has 0 bridgehead atoms. The molecule has 4 heterocycles. The minimum absolute atomic E-state index is 0.144. The zero-order chi connectivity index (χ0) is 18.0. The van der Waals surface area contributed by atoms with E-state index in [-0.39, 0.29) is 11.3 Å². The molecule has 4 rings (SSSR count). The number of aryl methyl sites for hydroxylation is 1. The minimum atomic E-state index is 0.144. The Morgan fingerprint density at radius 1 is 1.08 bits per heavy atom. The molecular formula is C20H25N5O. The Hall–Kier alpha value is -2.50. The summed E-state index contributed by atoms with van der Waals surface area (Å²) in [7, 11) is 0. The van der Waals surface area contributed by atoms with Crippen molar-refractivity contribution in [2.24, 2.45) is 5.41 Å². The summed E-state index contributed by atoms with van der Waals surface area (Å²) in [6.45, 7) is 5.37. The first-order valence-electron chi connectivity index (χ1n) is 9.35. The number of carbonyl (C=O) groups is 1. The van der Waals surface area contributed by atoms with E-state index in [2.05, 4.69) is 19.9 Å². The van der Waals surface area contributed by atoms with Gasteiger partial charge in [0, 0.05) is 50.1 Å². The zero-order valence-corrected chi connectivity index (χ0v) is 15.3. The fourth-order valence-electron chi connectivity index (χ4n) is 4.37. The third kappa shape index (κ3) is 3.41. The van der Waals surface area contributed by atoms with Gasteiger partial charge in [-0.25, -0.2) is 4.98 Å². The lowest BCUT2D eigenvalue weighted by Gasteiger charge is -2.48. The molecule has 0 radical (unpaired) electrons. The van der Waals surface area contributed by atoms with E-state index in [4.69, 9.17) is 0 Å². The van der Waals surface area contributed by atoms with Crippen LogP contribution in [0.25, 0.3) is 0 Å². The van der Waals surface area contributed by atoms with Crippen LogP contribution in [0.3, 0.4) is 0 Å². The predicted octanol–water partition coefficient (Wildman–Crippen LogP) is 2.59. The Bertz CT molecular complexity index is 781. The third-order valence-electron chi connectivity index (χ3n) is 5.64. The topological polar surface area (TPSA) is 62.2 Å².